The Morgan fingerprint density at radius 3 is 2.25 bits per heavy atom. The lowest BCUT2D eigenvalue weighted by atomic mass is 9.95. The third kappa shape index (κ3) is 3.27. The van der Waals surface area contributed by atoms with E-state index >= 15 is 0 Å². The highest BCUT2D eigenvalue weighted by atomic mass is 16.5. The maximum atomic E-state index is 12.3. The molecule has 0 spiro atoms. The number of aryl methyl sites for hydroxylation is 2. The highest BCUT2D eigenvalue weighted by molar-refractivity contribution is 5.84. The first-order valence-electron chi connectivity index (χ1n) is 6.80. The molecular formula is C18H20O2. The van der Waals surface area contributed by atoms with Gasteiger partial charge in [0.1, 0.15) is 11.5 Å². The Morgan fingerprint density at radius 1 is 0.950 bits per heavy atom. The van der Waals surface area contributed by atoms with Gasteiger partial charge in [-0.15, -0.1) is 0 Å². The van der Waals surface area contributed by atoms with E-state index in [2.05, 4.69) is 26.0 Å². The molecule has 0 aliphatic heterocycles. The van der Waals surface area contributed by atoms with Crippen molar-refractivity contribution in [1.29, 1.82) is 0 Å². The van der Waals surface area contributed by atoms with Crippen molar-refractivity contribution in [3.05, 3.63) is 64.7 Å². The van der Waals surface area contributed by atoms with Crippen molar-refractivity contribution in [3.8, 4) is 5.75 Å². The standard InChI is InChI=1S/C18H20O2/c1-13-7-6-8-14(2)17(13)12-16(19)11-15-9-4-5-10-18(15)20-3/h4-10H,11-12H2,1-3H3. The van der Waals surface area contributed by atoms with Crippen LogP contribution in [0.5, 0.6) is 5.75 Å². The Kier molecular flexibility index (Phi) is 4.57. The quantitative estimate of drug-likeness (QED) is 0.827. The molecule has 0 bridgehead atoms. The minimum atomic E-state index is 0.215. The van der Waals surface area contributed by atoms with Crippen molar-refractivity contribution in [2.75, 3.05) is 7.11 Å². The fourth-order valence-corrected chi connectivity index (χ4v) is 2.45. The van der Waals surface area contributed by atoms with Crippen LogP contribution in [0.2, 0.25) is 0 Å². The zero-order chi connectivity index (χ0) is 14.5. The number of carbonyl (C=O) groups excluding carboxylic acids is 1. The third-order valence-corrected chi connectivity index (χ3v) is 3.60. The Labute approximate surface area is 120 Å². The number of para-hydroxylation sites is 1. The molecule has 0 aromatic heterocycles. The average molecular weight is 268 g/mol. The highest BCUT2D eigenvalue weighted by Gasteiger charge is 2.11. The number of methoxy groups -OCH3 is 1. The van der Waals surface area contributed by atoms with Crippen LogP contribution in [-0.4, -0.2) is 12.9 Å². The summed E-state index contributed by atoms with van der Waals surface area (Å²) in [5.41, 5.74) is 4.45. The molecule has 0 aliphatic rings. The smallest absolute Gasteiger partial charge is 0.141 e. The second-order valence-electron chi connectivity index (χ2n) is 5.07. The molecule has 0 heterocycles. The average Bonchev–Trinajstić information content (AvgIpc) is 2.44. The van der Waals surface area contributed by atoms with E-state index in [1.54, 1.807) is 7.11 Å². The monoisotopic (exact) mass is 268 g/mol. The van der Waals surface area contributed by atoms with E-state index in [1.807, 2.05) is 30.3 Å². The molecule has 0 N–H and O–H groups in total. The molecule has 0 unspecified atom stereocenters. The van der Waals surface area contributed by atoms with Gasteiger partial charge in [-0.3, -0.25) is 4.79 Å². The Hall–Kier alpha value is -2.09. The lowest BCUT2D eigenvalue weighted by Gasteiger charge is -2.10. The van der Waals surface area contributed by atoms with Gasteiger partial charge in [0.05, 0.1) is 7.11 Å². The molecule has 2 nitrogen and oxygen atoms in total. The van der Waals surface area contributed by atoms with E-state index in [0.717, 1.165) is 16.9 Å². The van der Waals surface area contributed by atoms with Crippen molar-refractivity contribution in [3.63, 3.8) is 0 Å². The van der Waals surface area contributed by atoms with Crippen molar-refractivity contribution in [2.24, 2.45) is 0 Å². The number of benzene rings is 2. The predicted octanol–water partition coefficient (Wildman–Crippen LogP) is 3.67. The number of rotatable bonds is 5. The lowest BCUT2D eigenvalue weighted by molar-refractivity contribution is -0.117. The van der Waals surface area contributed by atoms with Gasteiger partial charge in [0.15, 0.2) is 0 Å². The fourth-order valence-electron chi connectivity index (χ4n) is 2.45. The van der Waals surface area contributed by atoms with Gasteiger partial charge in [-0.05, 0) is 36.6 Å². The summed E-state index contributed by atoms with van der Waals surface area (Å²) in [6.45, 7) is 4.11. The molecule has 0 saturated carbocycles. The summed E-state index contributed by atoms with van der Waals surface area (Å²) in [6, 6.07) is 13.8. The summed E-state index contributed by atoms with van der Waals surface area (Å²) in [5.74, 6) is 0.995. The van der Waals surface area contributed by atoms with E-state index < -0.39 is 0 Å². The van der Waals surface area contributed by atoms with Gasteiger partial charge in [0.2, 0.25) is 0 Å². The summed E-state index contributed by atoms with van der Waals surface area (Å²) in [5, 5.41) is 0. The zero-order valence-corrected chi connectivity index (χ0v) is 12.3. The van der Waals surface area contributed by atoms with Gasteiger partial charge >= 0.3 is 0 Å². The van der Waals surface area contributed by atoms with Crippen LogP contribution in [0.25, 0.3) is 0 Å². The first-order valence-corrected chi connectivity index (χ1v) is 6.80. The molecule has 0 amide bonds. The van der Waals surface area contributed by atoms with Crippen LogP contribution in [0.3, 0.4) is 0 Å². The van der Waals surface area contributed by atoms with Gasteiger partial charge in [0.25, 0.3) is 0 Å². The molecule has 20 heavy (non-hydrogen) atoms. The van der Waals surface area contributed by atoms with Crippen molar-refractivity contribution in [1.82, 2.24) is 0 Å². The van der Waals surface area contributed by atoms with E-state index in [9.17, 15) is 4.79 Å². The summed E-state index contributed by atoms with van der Waals surface area (Å²) < 4.78 is 5.29. The van der Waals surface area contributed by atoms with E-state index in [-0.39, 0.29) is 5.78 Å². The summed E-state index contributed by atoms with van der Waals surface area (Å²) >= 11 is 0. The number of carbonyl (C=O) groups is 1. The van der Waals surface area contributed by atoms with Gasteiger partial charge < -0.3 is 4.74 Å². The van der Waals surface area contributed by atoms with Gasteiger partial charge in [-0.2, -0.15) is 0 Å². The van der Waals surface area contributed by atoms with Crippen molar-refractivity contribution in [2.45, 2.75) is 26.7 Å². The summed E-state index contributed by atoms with van der Waals surface area (Å²) in [7, 11) is 1.63. The molecule has 0 fully saturated rings. The van der Waals surface area contributed by atoms with Crippen LogP contribution in [-0.2, 0) is 17.6 Å². The Balaban J connectivity index is 2.13. The molecule has 0 atom stereocenters. The molecule has 2 aromatic carbocycles. The van der Waals surface area contributed by atoms with Gasteiger partial charge in [-0.1, -0.05) is 36.4 Å². The van der Waals surface area contributed by atoms with Crippen LogP contribution in [0, 0.1) is 13.8 Å². The maximum Gasteiger partial charge on any atom is 0.141 e. The second-order valence-corrected chi connectivity index (χ2v) is 5.07. The predicted molar refractivity (Wildman–Crippen MR) is 81.3 cm³/mol. The molecule has 0 radical (unpaired) electrons. The lowest BCUT2D eigenvalue weighted by Crippen LogP contribution is -2.09. The molecule has 2 aromatic rings. The van der Waals surface area contributed by atoms with Crippen LogP contribution < -0.4 is 4.74 Å². The van der Waals surface area contributed by atoms with Crippen molar-refractivity contribution >= 4 is 5.78 Å². The highest BCUT2D eigenvalue weighted by Crippen LogP contribution is 2.20. The fraction of sp³-hybridized carbons (Fsp3) is 0.278. The largest absolute Gasteiger partial charge is 0.496 e. The number of hydrogen-bond donors (Lipinski definition) is 0. The molecule has 0 saturated heterocycles. The molecular weight excluding hydrogens is 248 g/mol. The van der Waals surface area contributed by atoms with Gasteiger partial charge in [-0.25, -0.2) is 0 Å². The topological polar surface area (TPSA) is 26.3 Å². The number of ketones is 1. The molecule has 0 aliphatic carbocycles. The minimum Gasteiger partial charge on any atom is -0.496 e. The number of hydrogen-bond acceptors (Lipinski definition) is 2. The first-order chi connectivity index (χ1) is 9.61. The minimum absolute atomic E-state index is 0.215. The van der Waals surface area contributed by atoms with E-state index in [1.165, 1.54) is 11.1 Å². The van der Waals surface area contributed by atoms with Crippen LogP contribution in [0.1, 0.15) is 22.3 Å². The molecule has 2 rings (SSSR count). The Bertz CT molecular complexity index is 594. The SMILES string of the molecule is COc1ccccc1CC(=O)Cc1c(C)cccc1C. The molecule has 104 valence electrons. The number of Topliss-reactive ketones (excluding diaryl/α,β-unsaturated/α-hetero) is 1. The normalized spacial score (nSPS) is 10.3. The Morgan fingerprint density at radius 2 is 1.60 bits per heavy atom. The maximum absolute atomic E-state index is 12.3. The second kappa shape index (κ2) is 6.38. The summed E-state index contributed by atoms with van der Waals surface area (Å²) in [4.78, 5) is 12.3. The summed E-state index contributed by atoms with van der Waals surface area (Å²) in [6.07, 6.45) is 0.897. The zero-order valence-electron chi connectivity index (χ0n) is 12.3. The molecule has 2 heteroatoms. The van der Waals surface area contributed by atoms with Crippen LogP contribution in [0.15, 0.2) is 42.5 Å². The third-order valence-electron chi connectivity index (χ3n) is 3.60. The first kappa shape index (κ1) is 14.3. The van der Waals surface area contributed by atoms with E-state index in [4.69, 9.17) is 4.74 Å². The van der Waals surface area contributed by atoms with Crippen molar-refractivity contribution < 1.29 is 9.53 Å². The van der Waals surface area contributed by atoms with E-state index in [0.29, 0.717) is 12.8 Å². The van der Waals surface area contributed by atoms with Crippen LogP contribution in [0.4, 0.5) is 0 Å². The van der Waals surface area contributed by atoms with Crippen LogP contribution >= 0.6 is 0 Å². The number of ether oxygens (including phenoxy) is 1. The van der Waals surface area contributed by atoms with Gasteiger partial charge in [0, 0.05) is 18.4 Å².